The van der Waals surface area contributed by atoms with Crippen LogP contribution in [0.5, 0.6) is 0 Å². The van der Waals surface area contributed by atoms with Crippen LogP contribution in [0.3, 0.4) is 0 Å². The third-order valence-corrected chi connectivity index (χ3v) is 5.56. The Balaban J connectivity index is 3.22. The van der Waals surface area contributed by atoms with Crippen molar-refractivity contribution in [2.24, 2.45) is 0 Å². The molecule has 0 atom stereocenters. The maximum atomic E-state index is 12.7. The predicted molar refractivity (Wildman–Crippen MR) is 79.6 cm³/mol. The van der Waals surface area contributed by atoms with Crippen molar-refractivity contribution in [2.45, 2.75) is 38.1 Å². The first kappa shape index (κ1) is 16.6. The minimum absolute atomic E-state index is 0.0177. The van der Waals surface area contributed by atoms with E-state index in [0.717, 1.165) is 10.0 Å². The third-order valence-electron chi connectivity index (χ3n) is 2.85. The van der Waals surface area contributed by atoms with Gasteiger partial charge in [-0.25, -0.2) is 8.42 Å². The lowest BCUT2D eigenvalue weighted by atomic mass is 10.2. The van der Waals surface area contributed by atoms with E-state index in [9.17, 15) is 8.42 Å². The molecule has 0 bridgehead atoms. The molecular formula is C13H20BrNO3S. The standard InChI is InChI=1S/C13H20BrNO3S/c1-10(2)15(7-4-8-16)19(17,18)13-9-12(14)6-5-11(13)3/h5-6,9-10,16H,4,7-8H2,1-3H3. The summed E-state index contributed by atoms with van der Waals surface area (Å²) in [5, 5.41) is 8.90. The molecule has 19 heavy (non-hydrogen) atoms. The summed E-state index contributed by atoms with van der Waals surface area (Å²) in [5.41, 5.74) is 0.720. The highest BCUT2D eigenvalue weighted by Crippen LogP contribution is 2.25. The van der Waals surface area contributed by atoms with Gasteiger partial charge in [0, 0.05) is 23.7 Å². The Kier molecular flexibility index (Phi) is 5.98. The number of halogens is 1. The van der Waals surface area contributed by atoms with E-state index in [2.05, 4.69) is 15.9 Å². The lowest BCUT2D eigenvalue weighted by Crippen LogP contribution is -2.38. The largest absolute Gasteiger partial charge is 0.396 e. The van der Waals surface area contributed by atoms with Crippen LogP contribution >= 0.6 is 15.9 Å². The molecule has 0 unspecified atom stereocenters. The number of hydrogen-bond donors (Lipinski definition) is 1. The van der Waals surface area contributed by atoms with Gasteiger partial charge in [0.2, 0.25) is 10.0 Å². The van der Waals surface area contributed by atoms with Gasteiger partial charge < -0.3 is 5.11 Å². The quantitative estimate of drug-likeness (QED) is 0.858. The van der Waals surface area contributed by atoms with Crippen molar-refractivity contribution in [2.75, 3.05) is 13.2 Å². The molecule has 0 aromatic heterocycles. The minimum Gasteiger partial charge on any atom is -0.396 e. The number of benzene rings is 1. The van der Waals surface area contributed by atoms with Crippen LogP contribution in [0.15, 0.2) is 27.6 Å². The number of rotatable bonds is 6. The summed E-state index contributed by atoms with van der Waals surface area (Å²) in [6.07, 6.45) is 0.435. The fourth-order valence-corrected chi connectivity index (χ4v) is 4.30. The number of aryl methyl sites for hydroxylation is 1. The van der Waals surface area contributed by atoms with E-state index in [1.54, 1.807) is 19.1 Å². The molecule has 0 saturated carbocycles. The molecule has 0 spiro atoms. The first-order chi connectivity index (χ1) is 8.80. The molecule has 0 aliphatic heterocycles. The van der Waals surface area contributed by atoms with Crippen molar-refractivity contribution in [3.63, 3.8) is 0 Å². The van der Waals surface area contributed by atoms with Gasteiger partial charge in [0.15, 0.2) is 0 Å². The normalized spacial score (nSPS) is 12.4. The van der Waals surface area contributed by atoms with Crippen molar-refractivity contribution in [3.8, 4) is 0 Å². The predicted octanol–water partition coefficient (Wildman–Crippen LogP) is 2.54. The van der Waals surface area contributed by atoms with E-state index in [1.165, 1.54) is 4.31 Å². The highest BCUT2D eigenvalue weighted by atomic mass is 79.9. The average molecular weight is 350 g/mol. The van der Waals surface area contributed by atoms with Crippen LogP contribution in [0.4, 0.5) is 0 Å². The zero-order valence-corrected chi connectivity index (χ0v) is 13.8. The van der Waals surface area contributed by atoms with Gasteiger partial charge in [-0.05, 0) is 44.9 Å². The first-order valence-electron chi connectivity index (χ1n) is 6.19. The van der Waals surface area contributed by atoms with E-state index >= 15 is 0 Å². The Bertz CT molecular complexity index is 529. The smallest absolute Gasteiger partial charge is 0.243 e. The highest BCUT2D eigenvalue weighted by Gasteiger charge is 2.27. The van der Waals surface area contributed by atoms with E-state index in [1.807, 2.05) is 19.9 Å². The minimum atomic E-state index is -3.53. The Morgan fingerprint density at radius 2 is 2.00 bits per heavy atom. The summed E-state index contributed by atoms with van der Waals surface area (Å²) < 4.78 is 27.5. The van der Waals surface area contributed by atoms with Gasteiger partial charge >= 0.3 is 0 Å². The van der Waals surface area contributed by atoms with Crippen LogP contribution in [-0.2, 0) is 10.0 Å². The Morgan fingerprint density at radius 3 is 2.53 bits per heavy atom. The Labute approximate surface area is 123 Å². The molecule has 0 saturated heterocycles. The SMILES string of the molecule is Cc1ccc(Br)cc1S(=O)(=O)N(CCCO)C(C)C. The van der Waals surface area contributed by atoms with Crippen molar-refractivity contribution in [1.29, 1.82) is 0 Å². The molecule has 4 nitrogen and oxygen atoms in total. The number of aliphatic hydroxyl groups excluding tert-OH is 1. The van der Waals surface area contributed by atoms with Crippen LogP contribution < -0.4 is 0 Å². The van der Waals surface area contributed by atoms with Gasteiger partial charge in [-0.3, -0.25) is 0 Å². The second kappa shape index (κ2) is 6.83. The zero-order chi connectivity index (χ0) is 14.6. The van der Waals surface area contributed by atoms with Gasteiger partial charge in [0.25, 0.3) is 0 Å². The summed E-state index contributed by atoms with van der Waals surface area (Å²) in [6, 6.07) is 5.08. The lowest BCUT2D eigenvalue weighted by molar-refractivity contribution is 0.258. The van der Waals surface area contributed by atoms with E-state index in [0.29, 0.717) is 17.9 Å². The lowest BCUT2D eigenvalue weighted by Gasteiger charge is -2.26. The number of aliphatic hydroxyl groups is 1. The van der Waals surface area contributed by atoms with Gasteiger partial charge in [0.05, 0.1) is 4.90 Å². The van der Waals surface area contributed by atoms with E-state index < -0.39 is 10.0 Å². The molecule has 0 heterocycles. The molecule has 1 aromatic carbocycles. The van der Waals surface area contributed by atoms with Crippen molar-refractivity contribution >= 4 is 26.0 Å². The maximum Gasteiger partial charge on any atom is 0.243 e. The van der Waals surface area contributed by atoms with Crippen LogP contribution in [0.1, 0.15) is 25.8 Å². The molecule has 108 valence electrons. The Hall–Kier alpha value is -0.430. The first-order valence-corrected chi connectivity index (χ1v) is 8.43. The molecule has 0 amide bonds. The maximum absolute atomic E-state index is 12.7. The molecule has 0 radical (unpaired) electrons. The van der Waals surface area contributed by atoms with Gasteiger partial charge in [-0.1, -0.05) is 22.0 Å². The van der Waals surface area contributed by atoms with Gasteiger partial charge in [0.1, 0.15) is 0 Å². The zero-order valence-electron chi connectivity index (χ0n) is 11.4. The van der Waals surface area contributed by atoms with Gasteiger partial charge in [-0.2, -0.15) is 4.31 Å². The van der Waals surface area contributed by atoms with Crippen LogP contribution in [-0.4, -0.2) is 37.0 Å². The van der Waals surface area contributed by atoms with Crippen molar-refractivity contribution in [1.82, 2.24) is 4.31 Å². The van der Waals surface area contributed by atoms with E-state index in [4.69, 9.17) is 5.11 Å². The Morgan fingerprint density at radius 1 is 1.37 bits per heavy atom. The second-order valence-electron chi connectivity index (χ2n) is 4.70. The third kappa shape index (κ3) is 4.02. The molecular weight excluding hydrogens is 330 g/mol. The van der Waals surface area contributed by atoms with Crippen LogP contribution in [0.2, 0.25) is 0 Å². The molecule has 6 heteroatoms. The second-order valence-corrected chi connectivity index (χ2v) is 7.47. The number of hydrogen-bond acceptors (Lipinski definition) is 3. The summed E-state index contributed by atoms with van der Waals surface area (Å²) in [4.78, 5) is 0.313. The fraction of sp³-hybridized carbons (Fsp3) is 0.538. The molecule has 1 N–H and O–H groups in total. The highest BCUT2D eigenvalue weighted by molar-refractivity contribution is 9.10. The van der Waals surface area contributed by atoms with Crippen molar-refractivity contribution in [3.05, 3.63) is 28.2 Å². The average Bonchev–Trinajstić information content (AvgIpc) is 2.32. The summed E-state index contributed by atoms with van der Waals surface area (Å²) >= 11 is 3.30. The summed E-state index contributed by atoms with van der Waals surface area (Å²) in [7, 11) is -3.53. The topological polar surface area (TPSA) is 57.6 Å². The molecule has 0 aliphatic carbocycles. The molecule has 0 aliphatic rings. The molecule has 1 rings (SSSR count). The monoisotopic (exact) mass is 349 g/mol. The molecule has 1 aromatic rings. The van der Waals surface area contributed by atoms with Crippen LogP contribution in [0.25, 0.3) is 0 Å². The fourth-order valence-electron chi connectivity index (χ4n) is 1.86. The van der Waals surface area contributed by atoms with Gasteiger partial charge in [-0.15, -0.1) is 0 Å². The molecule has 0 fully saturated rings. The van der Waals surface area contributed by atoms with Crippen molar-refractivity contribution < 1.29 is 13.5 Å². The number of nitrogens with zero attached hydrogens (tertiary/aromatic N) is 1. The summed E-state index contributed by atoms with van der Waals surface area (Å²) in [6.45, 7) is 5.76. The summed E-state index contributed by atoms with van der Waals surface area (Å²) in [5.74, 6) is 0. The number of sulfonamides is 1. The van der Waals surface area contributed by atoms with Crippen LogP contribution in [0, 0.1) is 6.92 Å². The van der Waals surface area contributed by atoms with E-state index in [-0.39, 0.29) is 12.6 Å².